The standard InChI is InChI=1S/C24H22ClN3O2/c1-15(2)16-8-10-17(11-9-16)22-26-21-13-12-19(25)14-20(21)24(30)28(22)27-23(29)18-6-4-3-5-7-18/h3-15,22,26H,1-2H3,(H,27,29). The molecule has 0 bridgehead atoms. The molecular weight excluding hydrogens is 398 g/mol. The third-order valence-electron chi connectivity index (χ3n) is 5.16. The van der Waals surface area contributed by atoms with E-state index in [1.54, 1.807) is 42.5 Å². The summed E-state index contributed by atoms with van der Waals surface area (Å²) in [4.78, 5) is 26.1. The van der Waals surface area contributed by atoms with Gasteiger partial charge in [-0.3, -0.25) is 15.0 Å². The van der Waals surface area contributed by atoms with Gasteiger partial charge in [0, 0.05) is 16.3 Å². The number of benzene rings is 3. The maximum Gasteiger partial charge on any atom is 0.276 e. The Morgan fingerprint density at radius 2 is 1.73 bits per heavy atom. The third-order valence-corrected chi connectivity index (χ3v) is 5.39. The maximum absolute atomic E-state index is 13.3. The smallest absolute Gasteiger partial charge is 0.276 e. The van der Waals surface area contributed by atoms with Gasteiger partial charge in [0.1, 0.15) is 6.17 Å². The summed E-state index contributed by atoms with van der Waals surface area (Å²) in [6.07, 6.45) is -0.556. The van der Waals surface area contributed by atoms with Crippen molar-refractivity contribution < 1.29 is 9.59 Å². The van der Waals surface area contributed by atoms with Crippen LogP contribution in [0, 0.1) is 0 Å². The van der Waals surface area contributed by atoms with Crippen LogP contribution in [0.5, 0.6) is 0 Å². The second kappa shape index (κ2) is 8.20. The number of hydrogen-bond donors (Lipinski definition) is 2. The van der Waals surface area contributed by atoms with E-state index in [1.165, 1.54) is 10.6 Å². The van der Waals surface area contributed by atoms with Gasteiger partial charge in [-0.1, -0.05) is 67.9 Å². The molecule has 0 aromatic heterocycles. The molecule has 0 saturated heterocycles. The van der Waals surface area contributed by atoms with Crippen molar-refractivity contribution in [2.45, 2.75) is 25.9 Å². The van der Waals surface area contributed by atoms with Crippen LogP contribution in [0.4, 0.5) is 5.69 Å². The molecule has 1 aliphatic rings. The fourth-order valence-corrected chi connectivity index (χ4v) is 3.62. The molecule has 2 amide bonds. The van der Waals surface area contributed by atoms with Crippen molar-refractivity contribution in [1.82, 2.24) is 10.4 Å². The van der Waals surface area contributed by atoms with Gasteiger partial charge in [0.05, 0.1) is 5.56 Å². The maximum atomic E-state index is 13.3. The van der Waals surface area contributed by atoms with Crippen LogP contribution in [0.15, 0.2) is 72.8 Å². The number of amides is 2. The normalized spacial score (nSPS) is 15.5. The zero-order chi connectivity index (χ0) is 21.3. The summed E-state index contributed by atoms with van der Waals surface area (Å²) in [5.74, 6) is -0.287. The van der Waals surface area contributed by atoms with Crippen molar-refractivity contribution in [3.05, 3.63) is 100 Å². The van der Waals surface area contributed by atoms with E-state index in [-0.39, 0.29) is 11.8 Å². The van der Waals surface area contributed by atoms with E-state index in [2.05, 4.69) is 24.6 Å². The Morgan fingerprint density at radius 3 is 2.40 bits per heavy atom. The summed E-state index contributed by atoms with van der Waals surface area (Å²) in [6, 6.07) is 22.0. The summed E-state index contributed by atoms with van der Waals surface area (Å²) >= 11 is 6.11. The number of carbonyl (C=O) groups is 2. The predicted octanol–water partition coefficient (Wildman–Crippen LogP) is 5.37. The van der Waals surface area contributed by atoms with Crippen molar-refractivity contribution in [1.29, 1.82) is 0 Å². The zero-order valence-electron chi connectivity index (χ0n) is 16.7. The first kappa shape index (κ1) is 20.0. The molecule has 0 radical (unpaired) electrons. The lowest BCUT2D eigenvalue weighted by Gasteiger charge is -2.38. The Morgan fingerprint density at radius 1 is 1.03 bits per heavy atom. The third kappa shape index (κ3) is 3.89. The van der Waals surface area contributed by atoms with Crippen LogP contribution in [0.3, 0.4) is 0 Å². The van der Waals surface area contributed by atoms with Crippen LogP contribution >= 0.6 is 11.6 Å². The first-order valence-electron chi connectivity index (χ1n) is 9.79. The highest BCUT2D eigenvalue weighted by Crippen LogP contribution is 2.34. The lowest BCUT2D eigenvalue weighted by atomic mass is 9.99. The number of nitrogens with one attached hydrogen (secondary N) is 2. The average molecular weight is 420 g/mol. The van der Waals surface area contributed by atoms with Crippen LogP contribution in [0.25, 0.3) is 0 Å². The molecule has 0 fully saturated rings. The molecule has 4 rings (SSSR count). The van der Waals surface area contributed by atoms with Gasteiger partial charge in [-0.25, -0.2) is 5.01 Å². The van der Waals surface area contributed by atoms with E-state index in [4.69, 9.17) is 11.6 Å². The van der Waals surface area contributed by atoms with Gasteiger partial charge in [-0.2, -0.15) is 0 Å². The van der Waals surface area contributed by atoms with Crippen molar-refractivity contribution in [3.8, 4) is 0 Å². The molecule has 1 aliphatic heterocycles. The average Bonchev–Trinajstić information content (AvgIpc) is 2.76. The van der Waals surface area contributed by atoms with Crippen LogP contribution in [-0.4, -0.2) is 16.8 Å². The Labute approximate surface area is 180 Å². The molecule has 1 unspecified atom stereocenters. The Balaban J connectivity index is 1.72. The van der Waals surface area contributed by atoms with Crippen LogP contribution in [-0.2, 0) is 0 Å². The molecule has 0 spiro atoms. The molecule has 1 heterocycles. The Bertz CT molecular complexity index is 1080. The molecule has 152 valence electrons. The van der Waals surface area contributed by atoms with Gasteiger partial charge in [-0.05, 0) is 47.4 Å². The van der Waals surface area contributed by atoms with Gasteiger partial charge >= 0.3 is 0 Å². The monoisotopic (exact) mass is 419 g/mol. The highest BCUT2D eigenvalue weighted by Gasteiger charge is 2.34. The minimum Gasteiger partial charge on any atom is -0.359 e. The van der Waals surface area contributed by atoms with E-state index in [0.717, 1.165) is 5.56 Å². The van der Waals surface area contributed by atoms with E-state index in [9.17, 15) is 9.59 Å². The van der Waals surface area contributed by atoms with Gasteiger partial charge in [-0.15, -0.1) is 0 Å². The number of halogens is 1. The van der Waals surface area contributed by atoms with E-state index < -0.39 is 6.17 Å². The first-order valence-corrected chi connectivity index (χ1v) is 10.2. The minimum absolute atomic E-state index is 0.325. The molecule has 3 aromatic rings. The zero-order valence-corrected chi connectivity index (χ0v) is 17.5. The summed E-state index contributed by atoms with van der Waals surface area (Å²) in [5.41, 5.74) is 6.39. The van der Waals surface area contributed by atoms with E-state index in [1.807, 2.05) is 30.3 Å². The number of hydrazine groups is 1. The first-order chi connectivity index (χ1) is 14.4. The molecule has 0 saturated carbocycles. The van der Waals surface area contributed by atoms with Gasteiger partial charge in [0.15, 0.2) is 0 Å². The quantitative estimate of drug-likeness (QED) is 0.597. The predicted molar refractivity (Wildman–Crippen MR) is 118 cm³/mol. The van der Waals surface area contributed by atoms with E-state index >= 15 is 0 Å². The second-order valence-corrected chi connectivity index (χ2v) is 7.98. The van der Waals surface area contributed by atoms with Crippen molar-refractivity contribution in [3.63, 3.8) is 0 Å². The van der Waals surface area contributed by atoms with Crippen molar-refractivity contribution in [2.75, 3.05) is 5.32 Å². The molecule has 5 nitrogen and oxygen atoms in total. The molecule has 3 aromatic carbocycles. The lowest BCUT2D eigenvalue weighted by molar-refractivity contribution is 0.0491. The number of rotatable bonds is 4. The molecule has 0 aliphatic carbocycles. The number of anilines is 1. The molecule has 1 atom stereocenters. The van der Waals surface area contributed by atoms with Crippen molar-refractivity contribution >= 4 is 29.1 Å². The Hall–Kier alpha value is -3.31. The number of carbonyl (C=O) groups excluding carboxylic acids is 2. The lowest BCUT2D eigenvalue weighted by Crippen LogP contribution is -2.52. The molecular formula is C24H22ClN3O2. The van der Waals surface area contributed by atoms with Crippen molar-refractivity contribution in [2.24, 2.45) is 0 Å². The van der Waals surface area contributed by atoms with Gasteiger partial charge in [0.2, 0.25) is 0 Å². The summed E-state index contributed by atoms with van der Waals surface area (Å²) in [7, 11) is 0. The number of hydrogen-bond acceptors (Lipinski definition) is 3. The van der Waals surface area contributed by atoms with Gasteiger partial charge in [0.25, 0.3) is 11.8 Å². The Kier molecular flexibility index (Phi) is 5.46. The number of nitrogens with zero attached hydrogens (tertiary/aromatic N) is 1. The molecule has 2 N–H and O–H groups in total. The van der Waals surface area contributed by atoms with Crippen LogP contribution in [0.2, 0.25) is 5.02 Å². The molecule has 30 heavy (non-hydrogen) atoms. The highest BCUT2D eigenvalue weighted by atomic mass is 35.5. The van der Waals surface area contributed by atoms with Crippen LogP contribution < -0.4 is 10.7 Å². The van der Waals surface area contributed by atoms with Crippen LogP contribution in [0.1, 0.15) is 57.8 Å². The topological polar surface area (TPSA) is 61.4 Å². The fraction of sp³-hybridized carbons (Fsp3) is 0.167. The fourth-order valence-electron chi connectivity index (χ4n) is 3.45. The largest absolute Gasteiger partial charge is 0.359 e. The summed E-state index contributed by atoms with van der Waals surface area (Å²) in [5, 5.41) is 5.15. The number of fused-ring (bicyclic) bond motifs is 1. The minimum atomic E-state index is -0.556. The summed E-state index contributed by atoms with van der Waals surface area (Å²) < 4.78 is 0. The summed E-state index contributed by atoms with van der Waals surface area (Å²) in [6.45, 7) is 4.26. The second-order valence-electron chi connectivity index (χ2n) is 7.54. The highest BCUT2D eigenvalue weighted by molar-refractivity contribution is 6.31. The molecule has 6 heteroatoms. The SMILES string of the molecule is CC(C)c1ccc(C2Nc3ccc(Cl)cc3C(=O)N2NC(=O)c2ccccc2)cc1. The van der Waals surface area contributed by atoms with E-state index in [0.29, 0.717) is 27.8 Å². The van der Waals surface area contributed by atoms with Gasteiger partial charge < -0.3 is 5.32 Å².